The molecule has 70 valence electrons. The van der Waals surface area contributed by atoms with E-state index >= 15 is 0 Å². The summed E-state index contributed by atoms with van der Waals surface area (Å²) in [7, 11) is 0. The Morgan fingerprint density at radius 3 is 2.92 bits per heavy atom. The Morgan fingerprint density at radius 1 is 1.75 bits per heavy atom. The molecule has 0 spiro atoms. The molecule has 0 aromatic carbocycles. The standard InChI is InChI=1S/C9H16FNO/c1-2-9(10,7-11)8-4-3-5-12-6-8/h6H,2-5,7,11H2,1H3. The summed E-state index contributed by atoms with van der Waals surface area (Å²) in [5.74, 6) is 0. The molecule has 1 aliphatic heterocycles. The molecule has 2 N–H and O–H groups in total. The summed E-state index contributed by atoms with van der Waals surface area (Å²) in [5.41, 5.74) is 4.77. The van der Waals surface area contributed by atoms with Gasteiger partial charge in [-0.25, -0.2) is 4.39 Å². The van der Waals surface area contributed by atoms with Crippen molar-refractivity contribution in [1.29, 1.82) is 0 Å². The second-order valence-corrected chi connectivity index (χ2v) is 3.14. The first-order valence-corrected chi connectivity index (χ1v) is 4.43. The number of halogens is 1. The number of hydrogen-bond acceptors (Lipinski definition) is 2. The molecule has 0 fully saturated rings. The maximum atomic E-state index is 13.9. The summed E-state index contributed by atoms with van der Waals surface area (Å²) in [6.45, 7) is 2.56. The summed E-state index contributed by atoms with van der Waals surface area (Å²) in [5, 5.41) is 0. The number of hydrogen-bond donors (Lipinski definition) is 1. The van der Waals surface area contributed by atoms with Crippen LogP contribution in [0.4, 0.5) is 4.39 Å². The van der Waals surface area contributed by atoms with Crippen LogP contribution in [-0.4, -0.2) is 18.8 Å². The summed E-state index contributed by atoms with van der Waals surface area (Å²) in [4.78, 5) is 0. The zero-order valence-electron chi connectivity index (χ0n) is 7.48. The summed E-state index contributed by atoms with van der Waals surface area (Å²) in [6.07, 6.45) is 3.65. The second kappa shape index (κ2) is 3.90. The van der Waals surface area contributed by atoms with Gasteiger partial charge in [0.05, 0.1) is 12.9 Å². The topological polar surface area (TPSA) is 35.2 Å². The Balaban J connectivity index is 2.70. The molecular weight excluding hydrogens is 157 g/mol. The predicted molar refractivity (Wildman–Crippen MR) is 46.5 cm³/mol. The van der Waals surface area contributed by atoms with Crippen LogP contribution < -0.4 is 5.73 Å². The summed E-state index contributed by atoms with van der Waals surface area (Å²) in [6, 6.07) is 0. The Kier molecular flexibility index (Phi) is 3.09. The molecule has 0 radical (unpaired) electrons. The van der Waals surface area contributed by atoms with Crippen LogP contribution in [0, 0.1) is 0 Å². The molecule has 2 nitrogen and oxygen atoms in total. The van der Waals surface area contributed by atoms with Crippen molar-refractivity contribution in [2.45, 2.75) is 31.9 Å². The lowest BCUT2D eigenvalue weighted by Gasteiger charge is -2.27. The van der Waals surface area contributed by atoms with Gasteiger partial charge in [0, 0.05) is 12.1 Å². The van der Waals surface area contributed by atoms with E-state index in [1.165, 1.54) is 0 Å². The smallest absolute Gasteiger partial charge is 0.147 e. The van der Waals surface area contributed by atoms with Gasteiger partial charge in [-0.15, -0.1) is 0 Å². The molecule has 0 saturated heterocycles. The largest absolute Gasteiger partial charge is 0.501 e. The van der Waals surface area contributed by atoms with Crippen LogP contribution in [0.3, 0.4) is 0 Å². The van der Waals surface area contributed by atoms with Crippen LogP contribution in [0.15, 0.2) is 11.8 Å². The van der Waals surface area contributed by atoms with E-state index in [1.807, 2.05) is 6.92 Å². The van der Waals surface area contributed by atoms with Crippen LogP contribution in [0.25, 0.3) is 0 Å². The van der Waals surface area contributed by atoms with Gasteiger partial charge >= 0.3 is 0 Å². The molecule has 1 heterocycles. The maximum Gasteiger partial charge on any atom is 0.147 e. The maximum absolute atomic E-state index is 13.9. The minimum Gasteiger partial charge on any atom is -0.501 e. The molecule has 0 aromatic heterocycles. The first kappa shape index (κ1) is 9.52. The van der Waals surface area contributed by atoms with E-state index in [2.05, 4.69) is 0 Å². The van der Waals surface area contributed by atoms with E-state index in [-0.39, 0.29) is 6.54 Å². The van der Waals surface area contributed by atoms with Gasteiger partial charge in [-0.2, -0.15) is 0 Å². The van der Waals surface area contributed by atoms with Gasteiger partial charge in [0.25, 0.3) is 0 Å². The van der Waals surface area contributed by atoms with Gasteiger partial charge < -0.3 is 10.5 Å². The van der Waals surface area contributed by atoms with Gasteiger partial charge in [-0.1, -0.05) is 6.92 Å². The van der Waals surface area contributed by atoms with Crippen molar-refractivity contribution < 1.29 is 9.13 Å². The van der Waals surface area contributed by atoms with Crippen molar-refractivity contribution in [2.24, 2.45) is 5.73 Å². The molecule has 1 aliphatic rings. The Hall–Kier alpha value is -0.570. The average molecular weight is 173 g/mol. The highest BCUT2D eigenvalue weighted by molar-refractivity contribution is 5.16. The number of alkyl halides is 1. The number of ether oxygens (including phenoxy) is 1. The zero-order valence-corrected chi connectivity index (χ0v) is 7.48. The highest BCUT2D eigenvalue weighted by atomic mass is 19.1. The monoisotopic (exact) mass is 173 g/mol. The highest BCUT2D eigenvalue weighted by Crippen LogP contribution is 2.30. The van der Waals surface area contributed by atoms with Gasteiger partial charge in [-0.05, 0) is 19.3 Å². The minimum absolute atomic E-state index is 0.0543. The van der Waals surface area contributed by atoms with Crippen molar-refractivity contribution in [3.63, 3.8) is 0 Å². The van der Waals surface area contributed by atoms with Crippen LogP contribution >= 0.6 is 0 Å². The molecule has 12 heavy (non-hydrogen) atoms. The van der Waals surface area contributed by atoms with Gasteiger partial charge in [0.2, 0.25) is 0 Å². The molecule has 0 bridgehead atoms. The van der Waals surface area contributed by atoms with Crippen LogP contribution in [0.2, 0.25) is 0 Å². The molecule has 1 unspecified atom stereocenters. The average Bonchev–Trinajstić information content (AvgIpc) is 2.18. The van der Waals surface area contributed by atoms with Crippen molar-refractivity contribution in [2.75, 3.05) is 13.2 Å². The molecular formula is C9H16FNO. The fraction of sp³-hybridized carbons (Fsp3) is 0.778. The molecule has 3 heteroatoms. The molecule has 0 aliphatic carbocycles. The van der Waals surface area contributed by atoms with Crippen LogP contribution in [-0.2, 0) is 4.74 Å². The lowest BCUT2D eigenvalue weighted by Crippen LogP contribution is -2.35. The third kappa shape index (κ3) is 1.78. The molecule has 0 amide bonds. The van der Waals surface area contributed by atoms with Crippen molar-refractivity contribution >= 4 is 0 Å². The van der Waals surface area contributed by atoms with Crippen molar-refractivity contribution in [3.05, 3.63) is 11.8 Å². The zero-order chi connectivity index (χ0) is 9.03. The Labute approximate surface area is 72.6 Å². The number of nitrogens with two attached hydrogens (primary N) is 1. The molecule has 1 rings (SSSR count). The quantitative estimate of drug-likeness (QED) is 0.705. The fourth-order valence-corrected chi connectivity index (χ4v) is 1.40. The lowest BCUT2D eigenvalue weighted by atomic mass is 9.90. The van der Waals surface area contributed by atoms with E-state index in [9.17, 15) is 4.39 Å². The molecule has 1 atom stereocenters. The van der Waals surface area contributed by atoms with E-state index in [4.69, 9.17) is 10.5 Å². The number of rotatable bonds is 3. The first-order chi connectivity index (χ1) is 5.73. The second-order valence-electron chi connectivity index (χ2n) is 3.14. The third-order valence-corrected chi connectivity index (χ3v) is 2.39. The Morgan fingerprint density at radius 2 is 2.50 bits per heavy atom. The van der Waals surface area contributed by atoms with E-state index in [1.54, 1.807) is 6.26 Å². The van der Waals surface area contributed by atoms with Gasteiger partial charge in [-0.3, -0.25) is 0 Å². The van der Waals surface area contributed by atoms with E-state index < -0.39 is 5.67 Å². The summed E-state index contributed by atoms with van der Waals surface area (Å²) >= 11 is 0. The lowest BCUT2D eigenvalue weighted by molar-refractivity contribution is 0.163. The van der Waals surface area contributed by atoms with E-state index in [0.29, 0.717) is 13.0 Å². The Bertz CT molecular complexity index is 175. The molecule has 0 aromatic rings. The first-order valence-electron chi connectivity index (χ1n) is 4.43. The highest BCUT2D eigenvalue weighted by Gasteiger charge is 2.31. The van der Waals surface area contributed by atoms with Crippen LogP contribution in [0.1, 0.15) is 26.2 Å². The van der Waals surface area contributed by atoms with Crippen molar-refractivity contribution in [1.82, 2.24) is 0 Å². The predicted octanol–water partition coefficient (Wildman–Crippen LogP) is 1.76. The normalized spacial score (nSPS) is 22.4. The van der Waals surface area contributed by atoms with Crippen molar-refractivity contribution in [3.8, 4) is 0 Å². The van der Waals surface area contributed by atoms with Crippen LogP contribution in [0.5, 0.6) is 0 Å². The fourth-order valence-electron chi connectivity index (χ4n) is 1.40. The summed E-state index contributed by atoms with van der Waals surface area (Å²) < 4.78 is 18.9. The third-order valence-electron chi connectivity index (χ3n) is 2.39. The van der Waals surface area contributed by atoms with Gasteiger partial charge in [0.1, 0.15) is 5.67 Å². The molecule has 0 saturated carbocycles. The minimum atomic E-state index is -1.33. The SMILES string of the molecule is CCC(F)(CN)C1=COCCC1. The van der Waals surface area contributed by atoms with Gasteiger partial charge in [0.15, 0.2) is 0 Å². The van der Waals surface area contributed by atoms with E-state index in [0.717, 1.165) is 18.4 Å².